The Hall–Kier alpha value is -1.61. The molecule has 0 bridgehead atoms. The van der Waals surface area contributed by atoms with Crippen LogP contribution in [0.2, 0.25) is 0 Å². The molecule has 3 heteroatoms. The van der Waals surface area contributed by atoms with Crippen molar-refractivity contribution >= 4 is 0 Å². The lowest BCUT2D eigenvalue weighted by Crippen LogP contribution is -1.99. The predicted octanol–water partition coefficient (Wildman–Crippen LogP) is 2.24. The number of aliphatic hydroxyl groups is 1. The molecule has 0 radical (unpaired) electrons. The van der Waals surface area contributed by atoms with Crippen LogP contribution in [0.1, 0.15) is 17.0 Å². The molecule has 2 aromatic rings. The minimum absolute atomic E-state index is 0.136. The Morgan fingerprint density at radius 2 is 2.00 bits per heavy atom. The predicted molar refractivity (Wildman–Crippen MR) is 68.9 cm³/mol. The van der Waals surface area contributed by atoms with Crippen LogP contribution in [0.4, 0.5) is 0 Å². The van der Waals surface area contributed by atoms with E-state index in [0.717, 1.165) is 17.1 Å². The molecule has 0 aliphatic carbocycles. The number of hydrogen-bond acceptors (Lipinski definition) is 2. The van der Waals surface area contributed by atoms with Crippen molar-refractivity contribution in [3.05, 3.63) is 41.3 Å². The lowest BCUT2D eigenvalue weighted by molar-refractivity contribution is 0.295. The number of imidazole rings is 1. The zero-order valence-electron chi connectivity index (χ0n) is 10.6. The summed E-state index contributed by atoms with van der Waals surface area (Å²) in [5.41, 5.74) is 4.67. The van der Waals surface area contributed by atoms with Crippen molar-refractivity contribution < 1.29 is 5.11 Å². The molecular weight excluding hydrogens is 212 g/mol. The fourth-order valence-electron chi connectivity index (χ4n) is 1.88. The summed E-state index contributed by atoms with van der Waals surface area (Å²) < 4.78 is 1.97. The number of nitrogens with zero attached hydrogens (tertiary/aromatic N) is 2. The summed E-state index contributed by atoms with van der Waals surface area (Å²) in [6.07, 6.45) is 2.61. The maximum atomic E-state index is 8.95. The summed E-state index contributed by atoms with van der Waals surface area (Å²) in [4.78, 5) is 4.54. The fourth-order valence-corrected chi connectivity index (χ4v) is 1.88. The highest BCUT2D eigenvalue weighted by atomic mass is 16.3. The maximum absolute atomic E-state index is 8.95. The van der Waals surface area contributed by atoms with Crippen molar-refractivity contribution in [3.63, 3.8) is 0 Å². The summed E-state index contributed by atoms with van der Waals surface area (Å²) in [5, 5.41) is 8.95. The molecule has 0 aliphatic rings. The van der Waals surface area contributed by atoms with Crippen LogP contribution in [0.25, 0.3) is 11.3 Å². The molecule has 0 unspecified atom stereocenters. The molecule has 90 valence electrons. The van der Waals surface area contributed by atoms with E-state index >= 15 is 0 Å². The standard InChI is InChI=1S/C14H18N2O/c1-10-4-5-12(8-11(10)2)13-9-16(3)14(15-13)6-7-17/h4-5,8-9,17H,6-7H2,1-3H3. The average Bonchev–Trinajstić information content (AvgIpc) is 2.65. The first-order valence-electron chi connectivity index (χ1n) is 5.82. The van der Waals surface area contributed by atoms with Gasteiger partial charge in [-0.3, -0.25) is 0 Å². The number of aromatic nitrogens is 2. The van der Waals surface area contributed by atoms with E-state index in [0.29, 0.717) is 6.42 Å². The number of rotatable bonds is 3. The van der Waals surface area contributed by atoms with E-state index in [-0.39, 0.29) is 6.61 Å². The minimum atomic E-state index is 0.136. The Labute approximate surface area is 102 Å². The van der Waals surface area contributed by atoms with Gasteiger partial charge in [0.05, 0.1) is 12.3 Å². The normalized spacial score (nSPS) is 10.8. The first-order chi connectivity index (χ1) is 8.11. The summed E-state index contributed by atoms with van der Waals surface area (Å²) in [7, 11) is 1.96. The molecule has 0 amide bonds. The zero-order valence-corrected chi connectivity index (χ0v) is 10.6. The van der Waals surface area contributed by atoms with E-state index in [1.165, 1.54) is 11.1 Å². The Bertz CT molecular complexity index is 529. The highest BCUT2D eigenvalue weighted by Crippen LogP contribution is 2.21. The van der Waals surface area contributed by atoms with Crippen LogP contribution < -0.4 is 0 Å². The smallest absolute Gasteiger partial charge is 0.111 e. The zero-order chi connectivity index (χ0) is 12.4. The molecule has 0 spiro atoms. The first kappa shape index (κ1) is 11.9. The van der Waals surface area contributed by atoms with Gasteiger partial charge in [-0.15, -0.1) is 0 Å². The van der Waals surface area contributed by atoms with E-state index in [2.05, 4.69) is 37.0 Å². The van der Waals surface area contributed by atoms with Gasteiger partial charge in [-0.25, -0.2) is 4.98 Å². The number of benzene rings is 1. The molecule has 3 nitrogen and oxygen atoms in total. The van der Waals surface area contributed by atoms with Gasteiger partial charge in [-0.1, -0.05) is 12.1 Å². The van der Waals surface area contributed by atoms with Crippen LogP contribution in [0.15, 0.2) is 24.4 Å². The molecule has 17 heavy (non-hydrogen) atoms. The Morgan fingerprint density at radius 1 is 1.24 bits per heavy atom. The topological polar surface area (TPSA) is 38.0 Å². The van der Waals surface area contributed by atoms with Crippen molar-refractivity contribution in [1.82, 2.24) is 9.55 Å². The Balaban J connectivity index is 2.39. The van der Waals surface area contributed by atoms with Crippen LogP contribution in [-0.4, -0.2) is 21.3 Å². The van der Waals surface area contributed by atoms with Gasteiger partial charge in [0.2, 0.25) is 0 Å². The second-order valence-corrected chi connectivity index (χ2v) is 4.43. The van der Waals surface area contributed by atoms with E-state index in [9.17, 15) is 0 Å². The third-order valence-electron chi connectivity index (χ3n) is 3.11. The van der Waals surface area contributed by atoms with Crippen LogP contribution in [0.5, 0.6) is 0 Å². The minimum Gasteiger partial charge on any atom is -0.396 e. The van der Waals surface area contributed by atoms with Gasteiger partial charge in [0.25, 0.3) is 0 Å². The molecule has 1 aromatic carbocycles. The largest absolute Gasteiger partial charge is 0.396 e. The van der Waals surface area contributed by atoms with E-state index in [1.807, 2.05) is 17.8 Å². The summed E-state index contributed by atoms with van der Waals surface area (Å²) in [6, 6.07) is 6.36. The Morgan fingerprint density at radius 3 is 2.65 bits per heavy atom. The average molecular weight is 230 g/mol. The number of hydrogen-bond donors (Lipinski definition) is 1. The van der Waals surface area contributed by atoms with Gasteiger partial charge in [0.1, 0.15) is 5.82 Å². The maximum Gasteiger partial charge on any atom is 0.111 e. The third-order valence-corrected chi connectivity index (χ3v) is 3.11. The lowest BCUT2D eigenvalue weighted by atomic mass is 10.0. The second-order valence-electron chi connectivity index (χ2n) is 4.43. The van der Waals surface area contributed by atoms with Crippen molar-refractivity contribution in [2.75, 3.05) is 6.61 Å². The first-order valence-corrected chi connectivity index (χ1v) is 5.82. The van der Waals surface area contributed by atoms with Crippen LogP contribution >= 0.6 is 0 Å². The molecule has 0 saturated heterocycles. The fraction of sp³-hybridized carbons (Fsp3) is 0.357. The SMILES string of the molecule is Cc1ccc(-c2cn(C)c(CCO)n2)cc1C. The molecule has 0 atom stereocenters. The molecule has 2 rings (SSSR count). The molecule has 0 fully saturated rings. The van der Waals surface area contributed by atoms with Gasteiger partial charge >= 0.3 is 0 Å². The Kier molecular flexibility index (Phi) is 3.29. The third kappa shape index (κ3) is 2.39. The summed E-state index contributed by atoms with van der Waals surface area (Å²) in [6.45, 7) is 4.35. The molecule has 0 aliphatic heterocycles. The lowest BCUT2D eigenvalue weighted by Gasteiger charge is -2.02. The van der Waals surface area contributed by atoms with E-state index in [4.69, 9.17) is 5.11 Å². The van der Waals surface area contributed by atoms with E-state index in [1.54, 1.807) is 0 Å². The molecule has 1 N–H and O–H groups in total. The summed E-state index contributed by atoms with van der Waals surface area (Å²) in [5.74, 6) is 0.917. The number of aryl methyl sites for hydroxylation is 3. The second kappa shape index (κ2) is 4.72. The van der Waals surface area contributed by atoms with Crippen LogP contribution in [0.3, 0.4) is 0 Å². The number of aliphatic hydroxyl groups excluding tert-OH is 1. The molecule has 1 aromatic heterocycles. The highest BCUT2D eigenvalue weighted by Gasteiger charge is 2.07. The van der Waals surface area contributed by atoms with Gasteiger partial charge in [-0.05, 0) is 31.0 Å². The van der Waals surface area contributed by atoms with Crippen molar-refractivity contribution in [1.29, 1.82) is 0 Å². The quantitative estimate of drug-likeness (QED) is 0.878. The van der Waals surface area contributed by atoms with Crippen molar-refractivity contribution in [2.45, 2.75) is 20.3 Å². The van der Waals surface area contributed by atoms with E-state index < -0.39 is 0 Å². The van der Waals surface area contributed by atoms with Gasteiger partial charge in [0, 0.05) is 25.2 Å². The van der Waals surface area contributed by atoms with Gasteiger partial charge < -0.3 is 9.67 Å². The van der Waals surface area contributed by atoms with Crippen LogP contribution in [0, 0.1) is 13.8 Å². The molecule has 0 saturated carbocycles. The summed E-state index contributed by atoms with van der Waals surface area (Å²) >= 11 is 0. The van der Waals surface area contributed by atoms with Crippen molar-refractivity contribution in [3.8, 4) is 11.3 Å². The highest BCUT2D eigenvalue weighted by molar-refractivity contribution is 5.60. The van der Waals surface area contributed by atoms with Crippen LogP contribution in [-0.2, 0) is 13.5 Å². The molecular formula is C14H18N2O. The van der Waals surface area contributed by atoms with Crippen molar-refractivity contribution in [2.24, 2.45) is 7.05 Å². The van der Waals surface area contributed by atoms with Gasteiger partial charge in [0.15, 0.2) is 0 Å². The monoisotopic (exact) mass is 230 g/mol. The molecule has 1 heterocycles. The van der Waals surface area contributed by atoms with Gasteiger partial charge in [-0.2, -0.15) is 0 Å².